The highest BCUT2D eigenvalue weighted by atomic mass is 16.6. The highest BCUT2D eigenvalue weighted by Crippen LogP contribution is 2.60. The summed E-state index contributed by atoms with van der Waals surface area (Å²) in [5.41, 5.74) is 12.5. The van der Waals surface area contributed by atoms with E-state index in [0.29, 0.717) is 29.0 Å². The van der Waals surface area contributed by atoms with Crippen LogP contribution in [0.2, 0.25) is 0 Å². The van der Waals surface area contributed by atoms with E-state index < -0.39 is 5.60 Å². The Morgan fingerprint density at radius 3 is 1.96 bits per heavy atom. The Morgan fingerprint density at radius 1 is 0.527 bits per heavy atom. The Kier molecular flexibility index (Phi) is 6.67. The van der Waals surface area contributed by atoms with E-state index in [9.17, 15) is 9.59 Å². The quantitative estimate of drug-likeness (QED) is 0.147. The fourth-order valence-electron chi connectivity index (χ4n) is 10.8. The lowest BCUT2D eigenvalue weighted by atomic mass is 9.74. The average Bonchev–Trinajstić information content (AvgIpc) is 3.50. The highest BCUT2D eigenvalue weighted by molar-refractivity contribution is 5.97. The number of ether oxygens (including phenoxy) is 4. The lowest BCUT2D eigenvalue weighted by molar-refractivity contribution is 0.0222. The number of carbonyl (C=O) groups is 2. The molecule has 274 valence electrons. The van der Waals surface area contributed by atoms with Crippen molar-refractivity contribution in [2.75, 3.05) is 36.0 Å². The van der Waals surface area contributed by atoms with E-state index in [1.807, 2.05) is 48.5 Å². The number of aryl methyl sites for hydroxylation is 2. The van der Waals surface area contributed by atoms with Crippen LogP contribution in [0.25, 0.3) is 0 Å². The zero-order chi connectivity index (χ0) is 36.4. The van der Waals surface area contributed by atoms with Gasteiger partial charge >= 0.3 is 11.9 Å². The monoisotopic (exact) mass is 728 g/mol. The van der Waals surface area contributed by atoms with Crippen LogP contribution >= 0.6 is 0 Å². The van der Waals surface area contributed by atoms with Gasteiger partial charge in [0.1, 0.15) is 29.6 Å². The molecule has 0 radical (unpaired) electrons. The van der Waals surface area contributed by atoms with Crippen molar-refractivity contribution >= 4 is 23.3 Å². The van der Waals surface area contributed by atoms with Crippen molar-refractivity contribution < 1.29 is 28.5 Å². The van der Waals surface area contributed by atoms with Crippen molar-refractivity contribution in [3.63, 3.8) is 0 Å². The Morgan fingerprint density at radius 2 is 1.18 bits per heavy atom. The molecule has 0 aromatic heterocycles. The largest absolute Gasteiger partial charge is 0.457 e. The van der Waals surface area contributed by atoms with Crippen molar-refractivity contribution in [1.29, 1.82) is 0 Å². The van der Waals surface area contributed by atoms with Gasteiger partial charge in [0.15, 0.2) is 5.60 Å². The Balaban J connectivity index is 1.13. The van der Waals surface area contributed by atoms with Crippen LogP contribution in [-0.4, -0.2) is 38.1 Å². The summed E-state index contributed by atoms with van der Waals surface area (Å²) < 4.78 is 27.3. The van der Waals surface area contributed by atoms with E-state index in [1.54, 1.807) is 0 Å². The van der Waals surface area contributed by atoms with Crippen molar-refractivity contribution in [1.82, 2.24) is 0 Å². The molecule has 8 nitrogen and oxygen atoms in total. The summed E-state index contributed by atoms with van der Waals surface area (Å²) >= 11 is 0. The first-order chi connectivity index (χ1) is 27.0. The predicted molar refractivity (Wildman–Crippen MR) is 207 cm³/mol. The molecular formula is C47H40N2O6. The number of anilines is 2. The summed E-state index contributed by atoms with van der Waals surface area (Å²) in [6, 6.07) is 24.1. The van der Waals surface area contributed by atoms with Crippen molar-refractivity contribution in [3.05, 3.63) is 140 Å². The molecule has 8 heteroatoms. The van der Waals surface area contributed by atoms with Gasteiger partial charge in [-0.25, -0.2) is 9.59 Å². The maximum absolute atomic E-state index is 14.0. The van der Waals surface area contributed by atoms with E-state index in [-0.39, 0.29) is 18.5 Å². The average molecular weight is 729 g/mol. The molecule has 0 amide bonds. The molecule has 0 N–H and O–H groups in total. The van der Waals surface area contributed by atoms with Crippen molar-refractivity contribution in [2.45, 2.75) is 70.0 Å². The van der Waals surface area contributed by atoms with Gasteiger partial charge in [-0.05, 0) is 104 Å². The van der Waals surface area contributed by atoms with Crippen LogP contribution < -0.4 is 19.3 Å². The van der Waals surface area contributed by atoms with E-state index >= 15 is 0 Å². The molecule has 55 heavy (non-hydrogen) atoms. The fourth-order valence-corrected chi connectivity index (χ4v) is 10.8. The van der Waals surface area contributed by atoms with Gasteiger partial charge in [0.05, 0.1) is 16.7 Å². The molecule has 7 aliphatic heterocycles. The van der Waals surface area contributed by atoms with Gasteiger partial charge < -0.3 is 28.7 Å². The molecule has 7 heterocycles. The third-order valence-electron chi connectivity index (χ3n) is 13.1. The summed E-state index contributed by atoms with van der Waals surface area (Å²) in [4.78, 5) is 32.9. The summed E-state index contributed by atoms with van der Waals surface area (Å²) in [5.74, 6) is 2.17. The van der Waals surface area contributed by atoms with Crippen LogP contribution in [-0.2, 0) is 53.8 Å². The minimum Gasteiger partial charge on any atom is -0.457 e. The molecule has 1 unspecified atom stereocenters. The first kappa shape index (κ1) is 31.6. The molecule has 0 fully saturated rings. The van der Waals surface area contributed by atoms with Gasteiger partial charge in [-0.2, -0.15) is 0 Å². The topological polar surface area (TPSA) is 77.5 Å². The van der Waals surface area contributed by atoms with Gasteiger partial charge in [0.25, 0.3) is 0 Å². The third-order valence-corrected chi connectivity index (χ3v) is 13.1. The van der Waals surface area contributed by atoms with E-state index in [2.05, 4.69) is 34.1 Å². The van der Waals surface area contributed by atoms with Gasteiger partial charge in [-0.15, -0.1) is 0 Å². The van der Waals surface area contributed by atoms with Crippen LogP contribution in [0.5, 0.6) is 23.0 Å². The zero-order valence-electron chi connectivity index (χ0n) is 30.7. The zero-order valence-corrected chi connectivity index (χ0v) is 30.7. The highest BCUT2D eigenvalue weighted by Gasteiger charge is 2.55. The molecule has 5 aromatic rings. The van der Waals surface area contributed by atoms with E-state index in [1.165, 1.54) is 33.6 Å². The molecule has 1 spiro atoms. The molecule has 7 aliphatic rings. The summed E-state index contributed by atoms with van der Waals surface area (Å²) in [6.45, 7) is 4.24. The van der Waals surface area contributed by atoms with Crippen LogP contribution in [0.1, 0.15) is 102 Å². The SMILES string of the molecule is O=C1OCc2cc3c4c(c2Oc2cc5c(cc2Cc2ccccc21)Oc1c(cc2c6c1CCCN6CCC2)C51OC(=O)c2ccccc21)CCCN4CCC3. The molecule has 0 bridgehead atoms. The van der Waals surface area contributed by atoms with Crippen LogP contribution in [0.4, 0.5) is 11.4 Å². The van der Waals surface area contributed by atoms with E-state index in [0.717, 1.165) is 122 Å². The second-order valence-electron chi connectivity index (χ2n) is 16.2. The number of cyclic esters (lactones) is 1. The first-order valence-electron chi connectivity index (χ1n) is 20.0. The standard InChI is InChI=1S/C47H40N2O6/c50-45-32-12-2-1-9-27(32)21-30-24-40-37(25-39(30)53-43-31(26-52-45)22-28-10-5-17-48-19-7-14-34(43)41(28)48)47(36-16-4-3-13-33(36)46(51)55-47)38-23-29-11-6-18-49-20-8-15-35(42(29)49)44(38)54-40/h1-4,9,12-13,16,22-25H,5-8,10-11,14-15,17-21,26H2. The Bertz CT molecular complexity index is 2540. The number of hydrogen-bond acceptors (Lipinski definition) is 8. The Labute approximate surface area is 319 Å². The van der Waals surface area contributed by atoms with Gasteiger partial charge in [-0.3, -0.25) is 0 Å². The van der Waals surface area contributed by atoms with Gasteiger partial charge in [0.2, 0.25) is 0 Å². The number of esters is 2. The molecule has 5 aromatic carbocycles. The number of carbonyl (C=O) groups excluding carboxylic acids is 2. The maximum Gasteiger partial charge on any atom is 0.340 e. The molecule has 0 aliphatic carbocycles. The summed E-state index contributed by atoms with van der Waals surface area (Å²) in [6.07, 6.45) is 8.40. The molecule has 0 saturated carbocycles. The van der Waals surface area contributed by atoms with Crippen molar-refractivity contribution in [2.24, 2.45) is 0 Å². The number of nitrogens with zero attached hydrogens (tertiary/aromatic N) is 2. The summed E-state index contributed by atoms with van der Waals surface area (Å²) in [7, 11) is 0. The second-order valence-corrected chi connectivity index (χ2v) is 16.2. The number of fused-ring (bicyclic) bond motifs is 11. The van der Waals surface area contributed by atoms with Crippen LogP contribution in [0.3, 0.4) is 0 Å². The normalized spacial score (nSPS) is 21.1. The van der Waals surface area contributed by atoms with Gasteiger partial charge in [0, 0.05) is 77.4 Å². The van der Waals surface area contributed by atoms with E-state index in [4.69, 9.17) is 18.9 Å². The third kappa shape index (κ3) is 4.45. The smallest absolute Gasteiger partial charge is 0.340 e. The lowest BCUT2D eigenvalue weighted by Gasteiger charge is -2.43. The molecular weight excluding hydrogens is 689 g/mol. The number of hydrogen-bond donors (Lipinski definition) is 0. The fraction of sp³-hybridized carbons (Fsp3) is 0.319. The minimum atomic E-state index is -1.23. The number of rotatable bonds is 0. The molecule has 0 saturated heterocycles. The predicted octanol–water partition coefficient (Wildman–Crippen LogP) is 8.71. The first-order valence-corrected chi connectivity index (χ1v) is 20.0. The Hall–Kier alpha value is -5.76. The summed E-state index contributed by atoms with van der Waals surface area (Å²) in [5, 5.41) is 0. The molecule has 1 atom stereocenters. The minimum absolute atomic E-state index is 0.110. The van der Waals surface area contributed by atoms with Crippen LogP contribution in [0, 0.1) is 0 Å². The van der Waals surface area contributed by atoms with Crippen molar-refractivity contribution in [3.8, 4) is 23.0 Å². The maximum atomic E-state index is 14.0. The second kappa shape index (κ2) is 11.6. The van der Waals surface area contributed by atoms with Crippen LogP contribution in [0.15, 0.2) is 72.8 Å². The van der Waals surface area contributed by atoms with Gasteiger partial charge in [-0.1, -0.05) is 36.4 Å². The molecule has 12 rings (SSSR count). The lowest BCUT2D eigenvalue weighted by Crippen LogP contribution is -2.38. The number of benzene rings is 5.